The van der Waals surface area contributed by atoms with Crippen LogP contribution in [-0.2, 0) is 24.7 Å². The lowest BCUT2D eigenvalue weighted by atomic mass is 10.1. The molecule has 0 unspecified atom stereocenters. The van der Waals surface area contributed by atoms with E-state index in [2.05, 4.69) is 32.6 Å². The summed E-state index contributed by atoms with van der Waals surface area (Å²) in [7, 11) is 1.93. The number of carbonyl (C=O) groups excluding carboxylic acids is 1. The first kappa shape index (κ1) is 16.7. The number of thioether (sulfide) groups is 1. The van der Waals surface area contributed by atoms with E-state index in [-0.39, 0.29) is 11.7 Å². The van der Waals surface area contributed by atoms with Gasteiger partial charge in [0.15, 0.2) is 10.3 Å². The van der Waals surface area contributed by atoms with Crippen molar-refractivity contribution in [3.05, 3.63) is 53.3 Å². The molecular formula is C16H17N5OS2. The maximum atomic E-state index is 11.9. The quantitative estimate of drug-likeness (QED) is 0.657. The van der Waals surface area contributed by atoms with Gasteiger partial charge in [0.25, 0.3) is 0 Å². The molecule has 3 aromatic rings. The SMILES string of the molecule is Cn1c(CCc2ccccc2)nnc1SCC(=O)Nc1nccs1. The van der Waals surface area contributed by atoms with Crippen molar-refractivity contribution in [1.29, 1.82) is 0 Å². The van der Waals surface area contributed by atoms with Gasteiger partial charge < -0.3 is 9.88 Å². The minimum absolute atomic E-state index is 0.0937. The van der Waals surface area contributed by atoms with E-state index >= 15 is 0 Å². The molecule has 0 spiro atoms. The van der Waals surface area contributed by atoms with Crippen LogP contribution in [0.4, 0.5) is 5.13 Å². The molecule has 124 valence electrons. The first-order chi connectivity index (χ1) is 11.7. The number of hydrogen-bond donors (Lipinski definition) is 1. The van der Waals surface area contributed by atoms with Crippen molar-refractivity contribution in [1.82, 2.24) is 19.7 Å². The molecule has 0 bridgehead atoms. The standard InChI is InChI=1S/C16H17N5OS2/c1-21-13(8-7-12-5-3-2-4-6-12)19-20-16(21)24-11-14(22)18-15-17-9-10-23-15/h2-6,9-10H,7-8,11H2,1H3,(H,17,18,22). The fraction of sp³-hybridized carbons (Fsp3) is 0.250. The van der Waals surface area contributed by atoms with Gasteiger partial charge in [0, 0.05) is 25.0 Å². The lowest BCUT2D eigenvalue weighted by molar-refractivity contribution is -0.113. The number of benzene rings is 1. The first-order valence-electron chi connectivity index (χ1n) is 7.46. The molecule has 1 aromatic carbocycles. The molecule has 0 aliphatic heterocycles. The van der Waals surface area contributed by atoms with Crippen LogP contribution in [0.15, 0.2) is 47.1 Å². The Kier molecular flexibility index (Phi) is 5.60. The molecule has 0 radical (unpaired) electrons. The van der Waals surface area contributed by atoms with Crippen molar-refractivity contribution in [2.24, 2.45) is 7.05 Å². The van der Waals surface area contributed by atoms with Crippen molar-refractivity contribution in [2.75, 3.05) is 11.1 Å². The zero-order chi connectivity index (χ0) is 16.8. The number of thiazole rings is 1. The fourth-order valence-corrected chi connectivity index (χ4v) is 3.43. The van der Waals surface area contributed by atoms with Crippen LogP contribution in [0.25, 0.3) is 0 Å². The second-order valence-electron chi connectivity index (χ2n) is 5.12. The van der Waals surface area contributed by atoms with Crippen LogP contribution in [0.2, 0.25) is 0 Å². The summed E-state index contributed by atoms with van der Waals surface area (Å²) < 4.78 is 1.95. The maximum Gasteiger partial charge on any atom is 0.236 e. The highest BCUT2D eigenvalue weighted by Crippen LogP contribution is 2.18. The van der Waals surface area contributed by atoms with Gasteiger partial charge >= 0.3 is 0 Å². The molecule has 2 heterocycles. The van der Waals surface area contributed by atoms with Crippen LogP contribution >= 0.6 is 23.1 Å². The van der Waals surface area contributed by atoms with Gasteiger partial charge in [-0.2, -0.15) is 0 Å². The summed E-state index contributed by atoms with van der Waals surface area (Å²) in [6.07, 6.45) is 3.40. The normalized spacial score (nSPS) is 10.7. The molecule has 0 saturated carbocycles. The molecule has 0 saturated heterocycles. The Bertz CT molecular complexity index is 786. The molecule has 0 aliphatic rings. The predicted octanol–water partition coefficient (Wildman–Crippen LogP) is 2.79. The Hall–Kier alpha value is -2.19. The van der Waals surface area contributed by atoms with Crippen molar-refractivity contribution in [2.45, 2.75) is 18.0 Å². The third kappa shape index (κ3) is 4.42. The zero-order valence-corrected chi connectivity index (χ0v) is 14.8. The highest BCUT2D eigenvalue weighted by Gasteiger charge is 2.12. The van der Waals surface area contributed by atoms with Crippen molar-refractivity contribution in [3.8, 4) is 0 Å². The largest absolute Gasteiger partial charge is 0.309 e. The molecule has 1 N–H and O–H groups in total. The van der Waals surface area contributed by atoms with E-state index in [1.54, 1.807) is 6.20 Å². The molecule has 24 heavy (non-hydrogen) atoms. The Morgan fingerprint density at radius 2 is 2.08 bits per heavy atom. The molecule has 6 nitrogen and oxygen atoms in total. The molecule has 0 aliphatic carbocycles. The summed E-state index contributed by atoms with van der Waals surface area (Å²) in [5.74, 6) is 1.11. The minimum Gasteiger partial charge on any atom is -0.309 e. The van der Waals surface area contributed by atoms with Crippen molar-refractivity contribution in [3.63, 3.8) is 0 Å². The van der Waals surface area contributed by atoms with Gasteiger partial charge in [0.2, 0.25) is 5.91 Å². The van der Waals surface area contributed by atoms with Gasteiger partial charge in [-0.3, -0.25) is 4.79 Å². The number of hydrogen-bond acceptors (Lipinski definition) is 6. The van der Waals surface area contributed by atoms with E-state index in [0.29, 0.717) is 5.13 Å². The third-order valence-corrected chi connectivity index (χ3v) is 5.12. The topological polar surface area (TPSA) is 72.7 Å². The number of aromatic nitrogens is 4. The lowest BCUT2D eigenvalue weighted by Crippen LogP contribution is -2.14. The first-order valence-corrected chi connectivity index (χ1v) is 9.33. The molecule has 3 rings (SSSR count). The Morgan fingerprint density at radius 1 is 1.25 bits per heavy atom. The maximum absolute atomic E-state index is 11.9. The number of amides is 1. The average Bonchev–Trinajstić information content (AvgIpc) is 3.22. The van der Waals surface area contributed by atoms with Crippen LogP contribution in [0.5, 0.6) is 0 Å². The van der Waals surface area contributed by atoms with Gasteiger partial charge in [-0.1, -0.05) is 42.1 Å². The molecule has 1 amide bonds. The van der Waals surface area contributed by atoms with Gasteiger partial charge in [-0.15, -0.1) is 21.5 Å². The Balaban J connectivity index is 1.52. The molecule has 8 heteroatoms. The Labute approximate surface area is 148 Å². The number of aryl methyl sites for hydroxylation is 2. The summed E-state index contributed by atoms with van der Waals surface area (Å²) in [6, 6.07) is 10.3. The highest BCUT2D eigenvalue weighted by atomic mass is 32.2. The van der Waals surface area contributed by atoms with Crippen molar-refractivity contribution < 1.29 is 4.79 Å². The number of nitrogens with one attached hydrogen (secondary N) is 1. The van der Waals surface area contributed by atoms with E-state index in [1.807, 2.05) is 35.2 Å². The summed E-state index contributed by atoms with van der Waals surface area (Å²) in [4.78, 5) is 15.9. The zero-order valence-electron chi connectivity index (χ0n) is 13.2. The number of rotatable bonds is 7. The smallest absolute Gasteiger partial charge is 0.236 e. The van der Waals surface area contributed by atoms with Gasteiger partial charge in [0.1, 0.15) is 5.82 Å². The summed E-state index contributed by atoms with van der Waals surface area (Å²) in [6.45, 7) is 0. The molecular weight excluding hydrogens is 342 g/mol. The van der Waals surface area contributed by atoms with E-state index in [4.69, 9.17) is 0 Å². The van der Waals surface area contributed by atoms with Crippen LogP contribution < -0.4 is 5.32 Å². The fourth-order valence-electron chi connectivity index (χ4n) is 2.16. The molecule has 2 aromatic heterocycles. The highest BCUT2D eigenvalue weighted by molar-refractivity contribution is 7.99. The molecule has 0 atom stereocenters. The van der Waals surface area contributed by atoms with Crippen LogP contribution in [0.3, 0.4) is 0 Å². The van der Waals surface area contributed by atoms with Crippen LogP contribution in [0, 0.1) is 0 Å². The lowest BCUT2D eigenvalue weighted by Gasteiger charge is -2.04. The number of carbonyl (C=O) groups is 1. The Morgan fingerprint density at radius 3 is 2.83 bits per heavy atom. The minimum atomic E-state index is -0.0937. The summed E-state index contributed by atoms with van der Waals surface area (Å²) >= 11 is 2.77. The second kappa shape index (κ2) is 8.07. The van der Waals surface area contributed by atoms with Crippen molar-refractivity contribution >= 4 is 34.1 Å². The second-order valence-corrected chi connectivity index (χ2v) is 6.95. The summed E-state index contributed by atoms with van der Waals surface area (Å²) in [5.41, 5.74) is 1.28. The molecule has 0 fully saturated rings. The van der Waals surface area contributed by atoms with Crippen LogP contribution in [-0.4, -0.2) is 31.4 Å². The van der Waals surface area contributed by atoms with Crippen LogP contribution in [0.1, 0.15) is 11.4 Å². The van der Waals surface area contributed by atoms with E-state index in [9.17, 15) is 4.79 Å². The monoisotopic (exact) mass is 359 g/mol. The van der Waals surface area contributed by atoms with E-state index in [0.717, 1.165) is 23.8 Å². The average molecular weight is 359 g/mol. The van der Waals surface area contributed by atoms with E-state index < -0.39 is 0 Å². The van der Waals surface area contributed by atoms with E-state index in [1.165, 1.54) is 28.7 Å². The van der Waals surface area contributed by atoms with Gasteiger partial charge in [-0.25, -0.2) is 4.98 Å². The number of anilines is 1. The third-order valence-electron chi connectivity index (χ3n) is 3.42. The summed E-state index contributed by atoms with van der Waals surface area (Å²) in [5, 5.41) is 14.3. The van der Waals surface area contributed by atoms with Gasteiger partial charge in [0.05, 0.1) is 5.75 Å². The predicted molar refractivity (Wildman–Crippen MR) is 96.3 cm³/mol. The van der Waals surface area contributed by atoms with Gasteiger partial charge in [-0.05, 0) is 12.0 Å². The number of nitrogens with zero attached hydrogens (tertiary/aromatic N) is 4.